The Morgan fingerprint density at radius 3 is 2.48 bits per heavy atom. The van der Waals surface area contributed by atoms with E-state index in [1.54, 1.807) is 13.0 Å². The number of carbonyl (C=O) groups is 1. The first-order chi connectivity index (χ1) is 13.9. The van der Waals surface area contributed by atoms with Gasteiger partial charge in [-0.25, -0.2) is 4.39 Å². The molecule has 152 valence electrons. The molecule has 0 N–H and O–H groups in total. The zero-order chi connectivity index (χ0) is 21.0. The third kappa shape index (κ3) is 4.83. The van der Waals surface area contributed by atoms with E-state index in [0.29, 0.717) is 47.6 Å². The molecule has 0 aliphatic carbocycles. The molecular weight excluding hydrogens is 371 g/mol. The molecular formula is C23H25FN2O3. The van der Waals surface area contributed by atoms with Crippen molar-refractivity contribution in [3.05, 3.63) is 59.4 Å². The number of hydrazone groups is 1. The standard InChI is InChI=1S/C23H25FN2O3/c1-5-28-21-11-6-17(13-22(21)29-14-15(2)3)12-20-16(4)25-26(23(20)27)19-9-7-18(24)8-10-19/h6-13,15H,5,14H2,1-4H3/b20-12+. The maximum absolute atomic E-state index is 13.2. The number of hydrogen-bond acceptors (Lipinski definition) is 4. The van der Waals surface area contributed by atoms with Crippen molar-refractivity contribution in [2.45, 2.75) is 27.7 Å². The molecule has 5 nitrogen and oxygen atoms in total. The van der Waals surface area contributed by atoms with Crippen molar-refractivity contribution < 1.29 is 18.7 Å². The van der Waals surface area contributed by atoms with Crippen LogP contribution >= 0.6 is 0 Å². The molecule has 3 rings (SSSR count). The van der Waals surface area contributed by atoms with E-state index in [4.69, 9.17) is 9.47 Å². The maximum Gasteiger partial charge on any atom is 0.280 e. The molecule has 0 fully saturated rings. The van der Waals surface area contributed by atoms with Gasteiger partial charge in [-0.3, -0.25) is 4.79 Å². The summed E-state index contributed by atoms with van der Waals surface area (Å²) in [5.41, 5.74) is 2.41. The van der Waals surface area contributed by atoms with E-state index in [0.717, 1.165) is 5.56 Å². The van der Waals surface area contributed by atoms with Crippen molar-refractivity contribution in [2.24, 2.45) is 11.0 Å². The van der Waals surface area contributed by atoms with Gasteiger partial charge in [0, 0.05) is 0 Å². The monoisotopic (exact) mass is 396 g/mol. The van der Waals surface area contributed by atoms with Crippen molar-refractivity contribution >= 4 is 23.4 Å². The Bertz CT molecular complexity index is 949. The fourth-order valence-corrected chi connectivity index (χ4v) is 2.87. The summed E-state index contributed by atoms with van der Waals surface area (Å²) in [5, 5.41) is 5.61. The number of nitrogens with zero attached hydrogens (tertiary/aromatic N) is 2. The molecule has 0 radical (unpaired) electrons. The molecule has 0 atom stereocenters. The van der Waals surface area contributed by atoms with Crippen molar-refractivity contribution in [1.29, 1.82) is 0 Å². The van der Waals surface area contributed by atoms with Gasteiger partial charge in [0.05, 0.1) is 30.2 Å². The first kappa shape index (κ1) is 20.6. The van der Waals surface area contributed by atoms with Gasteiger partial charge in [-0.2, -0.15) is 10.1 Å². The van der Waals surface area contributed by atoms with Crippen molar-refractivity contribution in [2.75, 3.05) is 18.2 Å². The van der Waals surface area contributed by atoms with Gasteiger partial charge in [0.2, 0.25) is 0 Å². The predicted octanol–water partition coefficient (Wildman–Crippen LogP) is 5.07. The molecule has 2 aromatic carbocycles. The van der Waals surface area contributed by atoms with E-state index in [2.05, 4.69) is 18.9 Å². The minimum Gasteiger partial charge on any atom is -0.490 e. The van der Waals surface area contributed by atoms with Crippen LogP contribution in [0.1, 0.15) is 33.3 Å². The van der Waals surface area contributed by atoms with E-state index in [1.807, 2.05) is 25.1 Å². The summed E-state index contributed by atoms with van der Waals surface area (Å²) in [6.45, 7) is 8.95. The van der Waals surface area contributed by atoms with Gasteiger partial charge in [0.15, 0.2) is 11.5 Å². The Labute approximate surface area is 170 Å². The number of anilines is 1. The molecule has 1 amide bonds. The smallest absolute Gasteiger partial charge is 0.280 e. The number of carbonyl (C=O) groups excluding carboxylic acids is 1. The highest BCUT2D eigenvalue weighted by atomic mass is 19.1. The van der Waals surface area contributed by atoms with Gasteiger partial charge >= 0.3 is 0 Å². The minimum absolute atomic E-state index is 0.257. The largest absolute Gasteiger partial charge is 0.490 e. The minimum atomic E-state index is -0.361. The second-order valence-electron chi connectivity index (χ2n) is 7.18. The highest BCUT2D eigenvalue weighted by Gasteiger charge is 2.28. The summed E-state index contributed by atoms with van der Waals surface area (Å²) in [4.78, 5) is 12.9. The quantitative estimate of drug-likeness (QED) is 0.614. The van der Waals surface area contributed by atoms with Crippen LogP contribution in [0.3, 0.4) is 0 Å². The van der Waals surface area contributed by atoms with Crippen LogP contribution in [0.25, 0.3) is 6.08 Å². The maximum atomic E-state index is 13.2. The topological polar surface area (TPSA) is 51.1 Å². The van der Waals surface area contributed by atoms with Gasteiger partial charge in [-0.05, 0) is 67.8 Å². The van der Waals surface area contributed by atoms with E-state index in [9.17, 15) is 9.18 Å². The van der Waals surface area contributed by atoms with Crippen molar-refractivity contribution in [1.82, 2.24) is 0 Å². The first-order valence-corrected chi connectivity index (χ1v) is 9.66. The molecule has 0 aromatic heterocycles. The van der Waals surface area contributed by atoms with Crippen LogP contribution in [0.4, 0.5) is 10.1 Å². The van der Waals surface area contributed by atoms with E-state index in [-0.39, 0.29) is 11.7 Å². The molecule has 2 aromatic rings. The molecule has 1 heterocycles. The molecule has 6 heteroatoms. The lowest BCUT2D eigenvalue weighted by molar-refractivity contribution is -0.114. The summed E-state index contributed by atoms with van der Waals surface area (Å²) in [5.74, 6) is 1.08. The second kappa shape index (κ2) is 8.90. The molecule has 0 saturated carbocycles. The Morgan fingerprint density at radius 1 is 1.10 bits per heavy atom. The number of rotatable bonds is 7. The van der Waals surface area contributed by atoms with Gasteiger partial charge in [-0.1, -0.05) is 19.9 Å². The van der Waals surface area contributed by atoms with E-state index >= 15 is 0 Å². The third-order valence-corrected chi connectivity index (χ3v) is 4.28. The predicted molar refractivity (Wildman–Crippen MR) is 113 cm³/mol. The molecule has 0 spiro atoms. The van der Waals surface area contributed by atoms with Crippen LogP contribution in [0.2, 0.25) is 0 Å². The summed E-state index contributed by atoms with van der Waals surface area (Å²) >= 11 is 0. The van der Waals surface area contributed by atoms with Crippen LogP contribution in [-0.4, -0.2) is 24.8 Å². The summed E-state index contributed by atoms with van der Waals surface area (Å²) in [6, 6.07) is 11.3. The Hall–Kier alpha value is -3.15. The third-order valence-electron chi connectivity index (χ3n) is 4.28. The SMILES string of the molecule is CCOc1ccc(/C=C2/C(=O)N(c3ccc(F)cc3)N=C2C)cc1OCC(C)C. The fourth-order valence-electron chi connectivity index (χ4n) is 2.87. The van der Waals surface area contributed by atoms with Crippen LogP contribution in [0.5, 0.6) is 11.5 Å². The van der Waals surface area contributed by atoms with Crippen LogP contribution in [-0.2, 0) is 4.79 Å². The van der Waals surface area contributed by atoms with E-state index in [1.165, 1.54) is 29.3 Å². The van der Waals surface area contributed by atoms with Crippen molar-refractivity contribution in [3.8, 4) is 11.5 Å². The number of benzene rings is 2. The van der Waals surface area contributed by atoms with Crippen LogP contribution < -0.4 is 14.5 Å². The molecule has 0 bridgehead atoms. The molecule has 29 heavy (non-hydrogen) atoms. The average molecular weight is 396 g/mol. The lowest BCUT2D eigenvalue weighted by Gasteiger charge is -2.14. The second-order valence-corrected chi connectivity index (χ2v) is 7.18. The number of halogens is 1. The van der Waals surface area contributed by atoms with Gasteiger partial charge in [0.1, 0.15) is 5.82 Å². The Balaban J connectivity index is 1.89. The number of ether oxygens (including phenoxy) is 2. The van der Waals surface area contributed by atoms with E-state index < -0.39 is 0 Å². The zero-order valence-electron chi connectivity index (χ0n) is 17.1. The summed E-state index contributed by atoms with van der Waals surface area (Å²) < 4.78 is 24.7. The first-order valence-electron chi connectivity index (χ1n) is 9.66. The Kier molecular flexibility index (Phi) is 6.32. The van der Waals surface area contributed by atoms with Gasteiger partial charge < -0.3 is 9.47 Å². The highest BCUT2D eigenvalue weighted by molar-refractivity contribution is 6.32. The normalized spacial score (nSPS) is 15.2. The average Bonchev–Trinajstić information content (AvgIpc) is 2.97. The van der Waals surface area contributed by atoms with Crippen LogP contribution in [0, 0.1) is 11.7 Å². The number of hydrogen-bond donors (Lipinski definition) is 0. The molecule has 0 saturated heterocycles. The highest BCUT2D eigenvalue weighted by Crippen LogP contribution is 2.31. The fraction of sp³-hybridized carbons (Fsp3) is 0.304. The van der Waals surface area contributed by atoms with Crippen LogP contribution in [0.15, 0.2) is 53.1 Å². The summed E-state index contributed by atoms with van der Waals surface area (Å²) in [7, 11) is 0. The Morgan fingerprint density at radius 2 is 1.83 bits per heavy atom. The lowest BCUT2D eigenvalue weighted by atomic mass is 10.1. The van der Waals surface area contributed by atoms with Crippen molar-refractivity contribution in [3.63, 3.8) is 0 Å². The molecule has 0 unspecified atom stereocenters. The summed E-state index contributed by atoms with van der Waals surface area (Å²) in [6.07, 6.45) is 1.78. The van der Waals surface area contributed by atoms with Gasteiger partial charge in [-0.15, -0.1) is 0 Å². The molecule has 1 aliphatic rings. The lowest BCUT2D eigenvalue weighted by Crippen LogP contribution is -2.21. The van der Waals surface area contributed by atoms with Gasteiger partial charge in [0.25, 0.3) is 5.91 Å². The molecule has 1 aliphatic heterocycles. The number of amides is 1. The zero-order valence-corrected chi connectivity index (χ0v) is 17.1.